The van der Waals surface area contributed by atoms with Crippen LogP contribution < -0.4 is 10.9 Å². The van der Waals surface area contributed by atoms with Crippen molar-refractivity contribution in [3.8, 4) is 0 Å². The van der Waals surface area contributed by atoms with Crippen molar-refractivity contribution in [1.29, 1.82) is 0 Å². The second-order valence-corrected chi connectivity index (χ2v) is 5.61. The van der Waals surface area contributed by atoms with Gasteiger partial charge in [0, 0.05) is 35.4 Å². The highest BCUT2D eigenvalue weighted by molar-refractivity contribution is 9.10. The minimum Gasteiger partial charge on any atom is -0.352 e. The third-order valence-electron chi connectivity index (χ3n) is 3.27. The van der Waals surface area contributed by atoms with E-state index in [9.17, 15) is 9.59 Å². The lowest BCUT2D eigenvalue weighted by Gasteiger charge is -2.09. The Kier molecular flexibility index (Phi) is 5.33. The smallest absolute Gasteiger partial charge is 0.251 e. The van der Waals surface area contributed by atoms with E-state index in [2.05, 4.69) is 21.2 Å². The van der Waals surface area contributed by atoms with E-state index in [1.165, 1.54) is 6.07 Å². The molecule has 0 radical (unpaired) electrons. The lowest BCUT2D eigenvalue weighted by Crippen LogP contribution is -2.27. The van der Waals surface area contributed by atoms with Crippen LogP contribution in [0.1, 0.15) is 22.3 Å². The molecule has 1 aromatic carbocycles. The van der Waals surface area contributed by atoms with Gasteiger partial charge in [0.1, 0.15) is 0 Å². The van der Waals surface area contributed by atoms with Crippen molar-refractivity contribution in [1.82, 2.24) is 9.88 Å². The van der Waals surface area contributed by atoms with Gasteiger partial charge in [-0.05, 0) is 37.1 Å². The molecule has 0 atom stereocenters. The van der Waals surface area contributed by atoms with Gasteiger partial charge in [-0.2, -0.15) is 0 Å². The summed E-state index contributed by atoms with van der Waals surface area (Å²) in [5.41, 5.74) is 1.57. The van der Waals surface area contributed by atoms with Gasteiger partial charge in [0.25, 0.3) is 5.91 Å². The number of nitrogens with one attached hydrogen (secondary N) is 1. The number of pyridine rings is 1. The van der Waals surface area contributed by atoms with Crippen LogP contribution in [0.3, 0.4) is 0 Å². The maximum absolute atomic E-state index is 12.1. The van der Waals surface area contributed by atoms with Crippen LogP contribution in [0.5, 0.6) is 0 Å². The fourth-order valence-electron chi connectivity index (χ4n) is 2.05. The number of carbonyl (C=O) groups is 1. The maximum atomic E-state index is 12.1. The Bertz CT molecular complexity index is 695. The van der Waals surface area contributed by atoms with E-state index >= 15 is 0 Å². The summed E-state index contributed by atoms with van der Waals surface area (Å²) < 4.78 is 2.56. The molecule has 0 aliphatic rings. The highest BCUT2D eigenvalue weighted by Gasteiger charge is 2.09. The molecule has 0 aliphatic heterocycles. The molecule has 0 saturated carbocycles. The van der Waals surface area contributed by atoms with Crippen molar-refractivity contribution < 1.29 is 4.79 Å². The molecular weight excluding hydrogens is 332 g/mol. The second-order valence-electron chi connectivity index (χ2n) is 4.75. The van der Waals surface area contributed by atoms with Crippen LogP contribution in [0.15, 0.2) is 51.9 Å². The molecule has 0 aliphatic carbocycles. The quantitative estimate of drug-likeness (QED) is 0.844. The van der Waals surface area contributed by atoms with Gasteiger partial charge in [-0.1, -0.05) is 28.1 Å². The van der Waals surface area contributed by atoms with Gasteiger partial charge in [-0.3, -0.25) is 9.59 Å². The SMILES string of the molecule is Cc1c(Br)cccc1C(=O)NCCCn1ccccc1=O. The number of rotatable bonds is 5. The Morgan fingerprint density at radius 2 is 2.05 bits per heavy atom. The van der Waals surface area contributed by atoms with E-state index in [4.69, 9.17) is 0 Å². The first-order valence-corrected chi connectivity index (χ1v) is 7.57. The average Bonchev–Trinajstić information content (AvgIpc) is 2.48. The molecule has 4 nitrogen and oxygen atoms in total. The predicted octanol–water partition coefficient (Wildman–Crippen LogP) is 2.74. The number of aryl methyl sites for hydroxylation is 1. The maximum Gasteiger partial charge on any atom is 0.251 e. The largest absolute Gasteiger partial charge is 0.352 e. The van der Waals surface area contributed by atoms with E-state index in [0.29, 0.717) is 25.1 Å². The monoisotopic (exact) mass is 348 g/mol. The number of aromatic nitrogens is 1. The molecule has 5 heteroatoms. The summed E-state index contributed by atoms with van der Waals surface area (Å²) in [6.07, 6.45) is 2.46. The summed E-state index contributed by atoms with van der Waals surface area (Å²) in [7, 11) is 0. The molecule has 0 spiro atoms. The van der Waals surface area contributed by atoms with Gasteiger partial charge in [-0.25, -0.2) is 0 Å². The molecule has 0 bridgehead atoms. The van der Waals surface area contributed by atoms with E-state index < -0.39 is 0 Å². The Hall–Kier alpha value is -1.88. The van der Waals surface area contributed by atoms with Crippen LogP contribution >= 0.6 is 15.9 Å². The molecule has 1 amide bonds. The van der Waals surface area contributed by atoms with E-state index in [1.54, 1.807) is 22.9 Å². The van der Waals surface area contributed by atoms with Crippen molar-refractivity contribution in [2.24, 2.45) is 0 Å². The minimum absolute atomic E-state index is 0.0216. The predicted molar refractivity (Wildman–Crippen MR) is 86.5 cm³/mol. The van der Waals surface area contributed by atoms with Crippen molar-refractivity contribution in [3.05, 3.63) is 68.5 Å². The third kappa shape index (κ3) is 4.04. The molecule has 1 N–H and O–H groups in total. The highest BCUT2D eigenvalue weighted by Crippen LogP contribution is 2.19. The molecule has 0 fully saturated rings. The van der Waals surface area contributed by atoms with Gasteiger partial charge in [-0.15, -0.1) is 0 Å². The molecule has 110 valence electrons. The van der Waals surface area contributed by atoms with Crippen molar-refractivity contribution in [2.75, 3.05) is 6.54 Å². The number of amides is 1. The number of nitrogens with zero attached hydrogens (tertiary/aromatic N) is 1. The topological polar surface area (TPSA) is 51.1 Å². The number of hydrogen-bond donors (Lipinski definition) is 1. The summed E-state index contributed by atoms with van der Waals surface area (Å²) in [5, 5.41) is 2.88. The van der Waals surface area contributed by atoms with Crippen LogP contribution in [-0.2, 0) is 6.54 Å². The van der Waals surface area contributed by atoms with Gasteiger partial charge >= 0.3 is 0 Å². The van der Waals surface area contributed by atoms with Gasteiger partial charge in [0.05, 0.1) is 0 Å². The molecule has 1 aromatic heterocycles. The van der Waals surface area contributed by atoms with Gasteiger partial charge in [0.2, 0.25) is 5.56 Å². The second kappa shape index (κ2) is 7.22. The Morgan fingerprint density at radius 1 is 1.24 bits per heavy atom. The number of benzene rings is 1. The fraction of sp³-hybridized carbons (Fsp3) is 0.250. The first kappa shape index (κ1) is 15.5. The Labute approximate surface area is 131 Å². The molecule has 2 aromatic rings. The zero-order chi connectivity index (χ0) is 15.2. The van der Waals surface area contributed by atoms with Crippen LogP contribution in [0.25, 0.3) is 0 Å². The third-order valence-corrected chi connectivity index (χ3v) is 4.13. The van der Waals surface area contributed by atoms with E-state index in [1.807, 2.05) is 25.1 Å². The normalized spacial score (nSPS) is 10.4. The zero-order valence-corrected chi connectivity index (χ0v) is 13.4. The van der Waals surface area contributed by atoms with Crippen LogP contribution in [0.4, 0.5) is 0 Å². The molecular formula is C16H17BrN2O2. The molecule has 1 heterocycles. The van der Waals surface area contributed by atoms with Gasteiger partial charge < -0.3 is 9.88 Å². The summed E-state index contributed by atoms with van der Waals surface area (Å²) in [4.78, 5) is 23.6. The fourth-order valence-corrected chi connectivity index (χ4v) is 2.41. The van der Waals surface area contributed by atoms with Crippen molar-refractivity contribution in [3.63, 3.8) is 0 Å². The standard InChI is InChI=1S/C16H17BrN2O2/c1-12-13(6-4-7-14(12)17)16(21)18-9-5-11-19-10-3-2-8-15(19)20/h2-4,6-8,10H,5,9,11H2,1H3,(H,18,21). The van der Waals surface area contributed by atoms with Crippen LogP contribution in [0.2, 0.25) is 0 Å². The van der Waals surface area contributed by atoms with Gasteiger partial charge in [0.15, 0.2) is 0 Å². The first-order chi connectivity index (χ1) is 10.1. The Morgan fingerprint density at radius 3 is 2.81 bits per heavy atom. The molecule has 2 rings (SSSR count). The molecule has 21 heavy (non-hydrogen) atoms. The lowest BCUT2D eigenvalue weighted by atomic mass is 10.1. The van der Waals surface area contributed by atoms with E-state index in [0.717, 1.165) is 10.0 Å². The lowest BCUT2D eigenvalue weighted by molar-refractivity contribution is 0.0952. The summed E-state index contributed by atoms with van der Waals surface area (Å²) >= 11 is 3.42. The van der Waals surface area contributed by atoms with Crippen molar-refractivity contribution in [2.45, 2.75) is 19.9 Å². The first-order valence-electron chi connectivity index (χ1n) is 6.78. The average molecular weight is 349 g/mol. The number of carbonyl (C=O) groups excluding carboxylic acids is 1. The summed E-state index contributed by atoms with van der Waals surface area (Å²) in [6, 6.07) is 10.6. The molecule has 0 saturated heterocycles. The molecule has 0 unspecified atom stereocenters. The summed E-state index contributed by atoms with van der Waals surface area (Å²) in [5.74, 6) is -0.0887. The zero-order valence-electron chi connectivity index (χ0n) is 11.8. The van der Waals surface area contributed by atoms with Crippen LogP contribution in [0, 0.1) is 6.92 Å². The van der Waals surface area contributed by atoms with E-state index in [-0.39, 0.29) is 11.5 Å². The summed E-state index contributed by atoms with van der Waals surface area (Å²) in [6.45, 7) is 3.03. The van der Waals surface area contributed by atoms with Crippen molar-refractivity contribution >= 4 is 21.8 Å². The minimum atomic E-state index is -0.0887. The Balaban J connectivity index is 1.86. The highest BCUT2D eigenvalue weighted by atomic mass is 79.9. The number of halogens is 1. The number of hydrogen-bond acceptors (Lipinski definition) is 2. The van der Waals surface area contributed by atoms with Crippen LogP contribution in [-0.4, -0.2) is 17.0 Å².